The third-order valence-corrected chi connectivity index (χ3v) is 4.95. The van der Waals surface area contributed by atoms with Gasteiger partial charge in [-0.05, 0) is 66.1 Å². The lowest BCUT2D eigenvalue weighted by atomic mass is 10.0. The third-order valence-electron chi connectivity index (χ3n) is 4.49. The minimum absolute atomic E-state index is 1.15. The highest BCUT2D eigenvalue weighted by atomic mass is 79.9. The van der Waals surface area contributed by atoms with Gasteiger partial charge in [-0.25, -0.2) is 0 Å². The number of anilines is 1. The molecule has 112 valence electrons. The van der Waals surface area contributed by atoms with E-state index in [4.69, 9.17) is 0 Å². The average molecular weight is 355 g/mol. The van der Waals surface area contributed by atoms with Crippen molar-refractivity contribution in [2.75, 3.05) is 18.0 Å². The summed E-state index contributed by atoms with van der Waals surface area (Å²) >= 11 is 3.68. The molecule has 1 N–H and O–H groups in total. The minimum Gasteiger partial charge on any atom is -0.371 e. The number of nitrogens with one attached hydrogen (secondary N) is 1. The van der Waals surface area contributed by atoms with Crippen molar-refractivity contribution in [1.29, 1.82) is 0 Å². The van der Waals surface area contributed by atoms with Crippen LogP contribution in [0.25, 0.3) is 22.0 Å². The molecule has 0 unspecified atom stereocenters. The Balaban J connectivity index is 1.75. The van der Waals surface area contributed by atoms with E-state index in [1.165, 1.54) is 60.1 Å². The lowest BCUT2D eigenvalue weighted by Crippen LogP contribution is -2.29. The molecule has 2 aromatic carbocycles. The van der Waals surface area contributed by atoms with Gasteiger partial charge >= 0.3 is 0 Å². The molecule has 3 heteroatoms. The van der Waals surface area contributed by atoms with Gasteiger partial charge in [0.2, 0.25) is 0 Å². The summed E-state index contributed by atoms with van der Waals surface area (Å²) in [6.45, 7) is 2.34. The predicted octanol–water partition coefficient (Wildman–Crippen LogP) is 5.59. The SMILES string of the molecule is Brc1cc(-c2ccc3cc[nH]c3c2)cc(N2CCCCC2)c1. The van der Waals surface area contributed by atoms with Crippen molar-refractivity contribution in [2.45, 2.75) is 19.3 Å². The number of piperidine rings is 1. The smallest absolute Gasteiger partial charge is 0.0460 e. The van der Waals surface area contributed by atoms with E-state index in [2.05, 4.69) is 68.3 Å². The van der Waals surface area contributed by atoms with Crippen LogP contribution >= 0.6 is 15.9 Å². The van der Waals surface area contributed by atoms with Gasteiger partial charge in [-0.15, -0.1) is 0 Å². The molecule has 2 heterocycles. The zero-order valence-electron chi connectivity index (χ0n) is 12.5. The largest absolute Gasteiger partial charge is 0.371 e. The Hall–Kier alpha value is -1.74. The lowest BCUT2D eigenvalue weighted by molar-refractivity contribution is 0.578. The number of nitrogens with zero attached hydrogens (tertiary/aromatic N) is 1. The van der Waals surface area contributed by atoms with E-state index in [0.717, 1.165) is 4.47 Å². The molecule has 1 fully saturated rings. The van der Waals surface area contributed by atoms with Gasteiger partial charge in [0.25, 0.3) is 0 Å². The Kier molecular flexibility index (Phi) is 3.67. The fraction of sp³-hybridized carbons (Fsp3) is 0.263. The molecule has 1 aliphatic rings. The van der Waals surface area contributed by atoms with E-state index in [1.807, 2.05) is 6.20 Å². The first-order chi connectivity index (χ1) is 10.8. The van der Waals surface area contributed by atoms with Gasteiger partial charge in [-0.1, -0.05) is 28.1 Å². The van der Waals surface area contributed by atoms with Crippen molar-refractivity contribution in [3.63, 3.8) is 0 Å². The Morgan fingerprint density at radius 1 is 0.864 bits per heavy atom. The molecule has 1 aromatic heterocycles. The molecule has 22 heavy (non-hydrogen) atoms. The molecule has 0 saturated carbocycles. The number of hydrogen-bond donors (Lipinski definition) is 1. The molecule has 1 aliphatic heterocycles. The molecule has 0 aliphatic carbocycles. The first kappa shape index (κ1) is 13.9. The summed E-state index contributed by atoms with van der Waals surface area (Å²) in [5.41, 5.74) is 5.05. The van der Waals surface area contributed by atoms with Gasteiger partial charge in [0, 0.05) is 35.0 Å². The second-order valence-corrected chi connectivity index (χ2v) is 6.94. The van der Waals surface area contributed by atoms with Crippen molar-refractivity contribution in [1.82, 2.24) is 4.98 Å². The van der Waals surface area contributed by atoms with Crippen molar-refractivity contribution in [2.24, 2.45) is 0 Å². The Labute approximate surface area is 139 Å². The molecular weight excluding hydrogens is 336 g/mol. The summed E-state index contributed by atoms with van der Waals surface area (Å²) in [4.78, 5) is 5.81. The summed E-state index contributed by atoms with van der Waals surface area (Å²) in [5, 5.41) is 1.26. The van der Waals surface area contributed by atoms with Crippen LogP contribution in [0.3, 0.4) is 0 Å². The normalized spacial score (nSPS) is 15.4. The van der Waals surface area contributed by atoms with Gasteiger partial charge in [0.1, 0.15) is 0 Å². The molecule has 0 radical (unpaired) electrons. The zero-order chi connectivity index (χ0) is 14.9. The number of fused-ring (bicyclic) bond motifs is 1. The van der Waals surface area contributed by atoms with Crippen molar-refractivity contribution in [3.8, 4) is 11.1 Å². The van der Waals surface area contributed by atoms with E-state index in [0.29, 0.717) is 0 Å². The minimum atomic E-state index is 1.15. The van der Waals surface area contributed by atoms with Crippen LogP contribution in [0.5, 0.6) is 0 Å². The number of H-pyrrole nitrogens is 1. The van der Waals surface area contributed by atoms with E-state index >= 15 is 0 Å². The Morgan fingerprint density at radius 3 is 2.59 bits per heavy atom. The van der Waals surface area contributed by atoms with E-state index in [9.17, 15) is 0 Å². The molecule has 0 spiro atoms. The highest BCUT2D eigenvalue weighted by Crippen LogP contribution is 2.32. The maximum atomic E-state index is 3.68. The zero-order valence-corrected chi connectivity index (χ0v) is 14.1. The predicted molar refractivity (Wildman–Crippen MR) is 97.5 cm³/mol. The topological polar surface area (TPSA) is 19.0 Å². The quantitative estimate of drug-likeness (QED) is 0.635. The molecule has 4 rings (SSSR count). The van der Waals surface area contributed by atoms with Crippen LogP contribution in [0.1, 0.15) is 19.3 Å². The molecule has 0 bridgehead atoms. The van der Waals surface area contributed by atoms with Gasteiger partial charge in [0.05, 0.1) is 0 Å². The molecule has 0 amide bonds. The maximum absolute atomic E-state index is 3.68. The number of aromatic nitrogens is 1. The van der Waals surface area contributed by atoms with Gasteiger partial charge in [0.15, 0.2) is 0 Å². The van der Waals surface area contributed by atoms with Crippen LogP contribution in [-0.4, -0.2) is 18.1 Å². The summed E-state index contributed by atoms with van der Waals surface area (Å²) in [6, 6.07) is 15.5. The number of rotatable bonds is 2. The van der Waals surface area contributed by atoms with Gasteiger partial charge < -0.3 is 9.88 Å². The Morgan fingerprint density at radius 2 is 1.73 bits per heavy atom. The summed E-state index contributed by atoms with van der Waals surface area (Å²) in [5.74, 6) is 0. The summed E-state index contributed by atoms with van der Waals surface area (Å²) in [6.07, 6.45) is 5.96. The first-order valence-corrected chi connectivity index (χ1v) is 8.72. The van der Waals surface area contributed by atoms with Gasteiger partial charge in [-0.2, -0.15) is 0 Å². The molecule has 1 saturated heterocycles. The molecule has 0 atom stereocenters. The van der Waals surface area contributed by atoms with Gasteiger partial charge in [-0.3, -0.25) is 0 Å². The second kappa shape index (κ2) is 5.81. The maximum Gasteiger partial charge on any atom is 0.0460 e. The molecule has 3 aromatic rings. The number of benzene rings is 2. The van der Waals surface area contributed by atoms with Crippen LogP contribution in [0.4, 0.5) is 5.69 Å². The van der Waals surface area contributed by atoms with Crippen LogP contribution in [-0.2, 0) is 0 Å². The second-order valence-electron chi connectivity index (χ2n) is 6.03. The Bertz CT molecular complexity index is 800. The highest BCUT2D eigenvalue weighted by Gasteiger charge is 2.13. The highest BCUT2D eigenvalue weighted by molar-refractivity contribution is 9.10. The summed E-state index contributed by atoms with van der Waals surface area (Å²) in [7, 11) is 0. The van der Waals surface area contributed by atoms with Crippen molar-refractivity contribution >= 4 is 32.5 Å². The molecular formula is C19H19BrN2. The summed E-state index contributed by atoms with van der Waals surface area (Å²) < 4.78 is 1.15. The molecule has 2 nitrogen and oxygen atoms in total. The van der Waals surface area contributed by atoms with Crippen molar-refractivity contribution < 1.29 is 0 Å². The number of hydrogen-bond acceptors (Lipinski definition) is 1. The monoisotopic (exact) mass is 354 g/mol. The fourth-order valence-electron chi connectivity index (χ4n) is 3.30. The van der Waals surface area contributed by atoms with E-state index < -0.39 is 0 Å². The fourth-order valence-corrected chi connectivity index (χ4v) is 3.78. The van der Waals surface area contributed by atoms with Crippen LogP contribution in [0, 0.1) is 0 Å². The standard InChI is InChI=1S/C19H19BrN2/c20-17-10-16(11-18(13-17)22-8-2-1-3-9-22)15-5-4-14-6-7-21-19(14)12-15/h4-7,10-13,21H,1-3,8-9H2. The first-order valence-electron chi connectivity index (χ1n) is 7.93. The van der Waals surface area contributed by atoms with E-state index in [1.54, 1.807) is 0 Å². The van der Waals surface area contributed by atoms with Crippen LogP contribution in [0.15, 0.2) is 53.1 Å². The number of aromatic amines is 1. The lowest BCUT2D eigenvalue weighted by Gasteiger charge is -2.29. The number of halogens is 1. The average Bonchev–Trinajstić information content (AvgIpc) is 3.02. The van der Waals surface area contributed by atoms with Crippen LogP contribution in [0.2, 0.25) is 0 Å². The van der Waals surface area contributed by atoms with E-state index in [-0.39, 0.29) is 0 Å². The van der Waals surface area contributed by atoms with Crippen molar-refractivity contribution in [3.05, 3.63) is 53.1 Å². The van der Waals surface area contributed by atoms with Crippen LogP contribution < -0.4 is 4.90 Å². The third kappa shape index (κ3) is 2.66.